The number of sulfone groups is 1. The van der Waals surface area contributed by atoms with E-state index in [1.54, 1.807) is 6.07 Å². The summed E-state index contributed by atoms with van der Waals surface area (Å²) in [7, 11) is -5.61. The summed E-state index contributed by atoms with van der Waals surface area (Å²) in [6.07, 6.45) is -4.33. The van der Waals surface area contributed by atoms with Crippen LogP contribution in [-0.4, -0.2) is 46.9 Å². The van der Waals surface area contributed by atoms with Crippen molar-refractivity contribution in [1.82, 2.24) is 0 Å². The van der Waals surface area contributed by atoms with Crippen LogP contribution in [0.1, 0.15) is 34.8 Å². The first-order chi connectivity index (χ1) is 17.3. The van der Waals surface area contributed by atoms with Gasteiger partial charge in [-0.05, 0) is 36.6 Å². The van der Waals surface area contributed by atoms with E-state index in [4.69, 9.17) is 25.3 Å². The fourth-order valence-corrected chi connectivity index (χ4v) is 3.46. The second kappa shape index (κ2) is 12.4. The zero-order chi connectivity index (χ0) is 29.5. The highest BCUT2D eigenvalue weighted by molar-refractivity contribution is 7.92. The average Bonchev–Trinajstić information content (AvgIpc) is 2.81. The van der Waals surface area contributed by atoms with E-state index < -0.39 is 73.2 Å². The third-order valence-electron chi connectivity index (χ3n) is 4.56. The topological polar surface area (TPSA) is 129 Å². The summed E-state index contributed by atoms with van der Waals surface area (Å²) in [6, 6.07) is 6.94. The van der Waals surface area contributed by atoms with Gasteiger partial charge in [0.05, 0.1) is 28.5 Å². The molecule has 1 unspecified atom stereocenters. The van der Waals surface area contributed by atoms with Crippen molar-refractivity contribution in [3.05, 3.63) is 70.6 Å². The van der Waals surface area contributed by atoms with Crippen LogP contribution in [0.4, 0.5) is 26.3 Å². The van der Waals surface area contributed by atoms with Crippen LogP contribution in [0.5, 0.6) is 5.75 Å². The molecule has 2 aromatic carbocycles. The highest BCUT2D eigenvalue weighted by Gasteiger charge is 2.47. The molecule has 0 aliphatic carbocycles. The smallest absolute Gasteiger partial charge is 0.501 e. The van der Waals surface area contributed by atoms with Gasteiger partial charge in [0.1, 0.15) is 5.75 Å². The molecule has 8 nitrogen and oxygen atoms in total. The van der Waals surface area contributed by atoms with Crippen molar-refractivity contribution in [3.8, 4) is 11.8 Å². The Kier molecular flexibility index (Phi) is 10.6. The first-order valence-electron chi connectivity index (χ1n) is 9.85. The molecule has 0 bridgehead atoms. The normalized spacial score (nSPS) is 14.1. The highest BCUT2D eigenvalue weighted by Crippen LogP contribution is 2.37. The van der Waals surface area contributed by atoms with E-state index in [-0.39, 0.29) is 11.1 Å². The van der Waals surface area contributed by atoms with Crippen LogP contribution < -0.4 is 4.74 Å². The summed E-state index contributed by atoms with van der Waals surface area (Å²) in [5, 5.41) is 8.91. The quantitative estimate of drug-likeness (QED) is 0.200. The number of ether oxygens (including phenoxy) is 1. The van der Waals surface area contributed by atoms with Gasteiger partial charge in [0.25, 0.3) is 15.4 Å². The number of ketones is 1. The van der Waals surface area contributed by atoms with E-state index in [1.807, 2.05) is 0 Å². The summed E-state index contributed by atoms with van der Waals surface area (Å²) in [6.45, 7) is 7.88. The molecule has 0 heterocycles. The summed E-state index contributed by atoms with van der Waals surface area (Å²) in [5.74, 6) is -1.49. The van der Waals surface area contributed by atoms with Crippen LogP contribution in [0.25, 0.3) is 4.85 Å². The summed E-state index contributed by atoms with van der Waals surface area (Å²) >= 11 is -1.86. The van der Waals surface area contributed by atoms with Crippen LogP contribution in [0.3, 0.4) is 0 Å². The maximum absolute atomic E-state index is 13.2. The molecular formula is C22H17F6N2O6S2-. The fourth-order valence-electron chi connectivity index (χ4n) is 2.70. The van der Waals surface area contributed by atoms with Crippen LogP contribution in [0.2, 0.25) is 0 Å². The average molecular weight is 584 g/mol. The molecule has 38 heavy (non-hydrogen) atoms. The molecule has 0 aliphatic rings. The summed E-state index contributed by atoms with van der Waals surface area (Å²) in [4.78, 5) is 14.7. The monoisotopic (exact) mass is 583 g/mol. The number of nitrogens with zero attached hydrogens (tertiary/aromatic N) is 2. The number of halogens is 6. The molecule has 0 fully saturated rings. The van der Waals surface area contributed by atoms with Crippen molar-refractivity contribution in [2.45, 2.75) is 35.5 Å². The maximum Gasteiger partial charge on any atom is 0.501 e. The number of Topliss-reactive ketones (excluding diaryl/α,β-unsaturated/α-hetero) is 1. The van der Waals surface area contributed by atoms with Crippen molar-refractivity contribution >= 4 is 26.7 Å². The lowest BCUT2D eigenvalue weighted by Crippen LogP contribution is -2.32. The molecule has 0 radical (unpaired) electrons. The molecule has 0 spiro atoms. The first-order valence-corrected chi connectivity index (χ1v) is 12.8. The Labute approximate surface area is 215 Å². The van der Waals surface area contributed by atoms with E-state index in [0.717, 1.165) is 30.5 Å². The predicted octanol–water partition coefficient (Wildman–Crippen LogP) is 4.70. The van der Waals surface area contributed by atoms with Crippen molar-refractivity contribution in [2.75, 3.05) is 12.9 Å². The third-order valence-corrected chi connectivity index (χ3v) is 6.06. The van der Waals surface area contributed by atoms with Gasteiger partial charge in [0.2, 0.25) is 0 Å². The zero-order valence-electron chi connectivity index (χ0n) is 19.4. The molecule has 0 aliphatic heterocycles. The van der Waals surface area contributed by atoms with Gasteiger partial charge < -0.3 is 14.1 Å². The Morgan fingerprint density at radius 1 is 1.13 bits per heavy atom. The van der Waals surface area contributed by atoms with Gasteiger partial charge in [-0.1, -0.05) is 23.2 Å². The van der Waals surface area contributed by atoms with Gasteiger partial charge >= 0.3 is 11.7 Å². The number of alkyl halides is 6. The minimum Gasteiger partial charge on any atom is -0.773 e. The van der Waals surface area contributed by atoms with Crippen molar-refractivity contribution in [3.63, 3.8) is 0 Å². The first kappa shape index (κ1) is 32.6. The fraction of sp³-hybridized carbons (Fsp3) is 0.318. The maximum atomic E-state index is 13.2. The SMILES string of the molecule is CS(=O)[O-].[C-]#[N+][C@@](C)(COc1cc(C#N)ccc1C(F)(F)F)CC(=O)c1ccc(S(=O)(=O)C(F)(F)F)cc1. The Morgan fingerprint density at radius 2 is 1.66 bits per heavy atom. The third kappa shape index (κ3) is 8.83. The molecule has 16 heteroatoms. The predicted molar refractivity (Wildman–Crippen MR) is 120 cm³/mol. The number of benzene rings is 2. The van der Waals surface area contributed by atoms with Crippen LogP contribution in [0, 0.1) is 17.9 Å². The lowest BCUT2D eigenvalue weighted by atomic mass is 9.94. The Balaban J connectivity index is 0.00000168. The minimum atomic E-state index is -5.61. The second-order valence-corrected chi connectivity index (χ2v) is 10.4. The Bertz CT molecular complexity index is 1370. The van der Waals surface area contributed by atoms with Gasteiger partial charge in [-0.2, -0.15) is 31.6 Å². The van der Waals surface area contributed by atoms with Crippen LogP contribution in [-0.2, 0) is 27.1 Å². The molecule has 2 rings (SSSR count). The number of carbonyl (C=O) groups is 1. The molecule has 0 aromatic heterocycles. The standard InChI is InChI=1S/C21H14F6N2O4S.CH4O2S/c1-19(29-2,12-33-18-9-13(11-28)3-8-16(18)20(22,23)24)10-17(30)14-4-6-15(7-5-14)34(31,32)21(25,26)27;1-4(2)3/h3-9H,10,12H2,1H3;1H3,(H,2,3)/p-1/t19-;/m1./s1. The van der Waals surface area contributed by atoms with Gasteiger partial charge in [-0.25, -0.2) is 15.0 Å². The van der Waals surface area contributed by atoms with Gasteiger partial charge in [-0.3, -0.25) is 9.00 Å². The van der Waals surface area contributed by atoms with Crippen LogP contribution >= 0.6 is 0 Å². The van der Waals surface area contributed by atoms with E-state index >= 15 is 0 Å². The molecule has 0 saturated heterocycles. The number of hydrogen-bond acceptors (Lipinski definition) is 7. The molecule has 2 atom stereocenters. The molecular weight excluding hydrogens is 566 g/mol. The number of nitriles is 1. The number of carbonyl (C=O) groups excluding carboxylic acids is 1. The Morgan fingerprint density at radius 3 is 2.08 bits per heavy atom. The van der Waals surface area contributed by atoms with Crippen molar-refractivity contribution in [1.29, 1.82) is 5.26 Å². The lowest BCUT2D eigenvalue weighted by molar-refractivity contribution is -0.139. The van der Waals surface area contributed by atoms with E-state index in [2.05, 4.69) is 4.85 Å². The zero-order valence-corrected chi connectivity index (χ0v) is 21.0. The van der Waals surface area contributed by atoms with Crippen molar-refractivity contribution in [2.24, 2.45) is 0 Å². The largest absolute Gasteiger partial charge is 0.773 e. The van der Waals surface area contributed by atoms with E-state index in [0.29, 0.717) is 18.2 Å². The summed E-state index contributed by atoms with van der Waals surface area (Å²) < 4.78 is 124. The molecule has 0 saturated carbocycles. The minimum absolute atomic E-state index is 0.127. The Hall–Kier alpha value is -3.47. The van der Waals surface area contributed by atoms with Gasteiger partial charge in [0.15, 0.2) is 12.4 Å². The van der Waals surface area contributed by atoms with Crippen molar-refractivity contribution < 1.29 is 53.1 Å². The number of hydrogen-bond donors (Lipinski definition) is 0. The van der Waals surface area contributed by atoms with Gasteiger partial charge in [-0.15, -0.1) is 0 Å². The van der Waals surface area contributed by atoms with E-state index in [1.165, 1.54) is 6.92 Å². The molecule has 0 amide bonds. The van der Waals surface area contributed by atoms with E-state index in [9.17, 15) is 39.6 Å². The summed E-state index contributed by atoms with van der Waals surface area (Å²) in [5.41, 5.74) is -8.74. The molecule has 2 aromatic rings. The van der Waals surface area contributed by atoms with Crippen LogP contribution in [0.15, 0.2) is 47.4 Å². The second-order valence-electron chi connectivity index (χ2n) is 7.69. The highest BCUT2D eigenvalue weighted by atomic mass is 32.2. The van der Waals surface area contributed by atoms with Gasteiger partial charge in [0, 0.05) is 12.5 Å². The number of rotatable bonds is 7. The lowest BCUT2D eigenvalue weighted by Gasteiger charge is -2.20. The molecule has 206 valence electrons. The molecule has 0 N–H and O–H groups in total.